The molecule has 1 aliphatic rings. The van der Waals surface area contributed by atoms with Gasteiger partial charge in [0.15, 0.2) is 0 Å². The van der Waals surface area contributed by atoms with Crippen molar-refractivity contribution in [2.75, 3.05) is 31.6 Å². The lowest BCUT2D eigenvalue weighted by molar-refractivity contribution is 0.0564. The minimum atomic E-state index is -0.369. The molecular weight excluding hydrogens is 275 g/mol. The first kappa shape index (κ1) is 13.6. The fourth-order valence-corrected chi connectivity index (χ4v) is 2.13. The van der Waals surface area contributed by atoms with Gasteiger partial charge >= 0.3 is 6.03 Å². The molecule has 0 radical (unpaired) electrons. The van der Waals surface area contributed by atoms with E-state index in [4.69, 9.17) is 4.74 Å². The Kier molecular flexibility index (Phi) is 3.83. The number of nitrogens with zero attached hydrogens (tertiary/aromatic N) is 3. The maximum absolute atomic E-state index is 13.7. The van der Waals surface area contributed by atoms with Gasteiger partial charge < -0.3 is 15.0 Å². The highest BCUT2D eigenvalue weighted by Gasteiger charge is 2.17. The molecule has 1 aromatic carbocycles. The standard InChI is InChI=1S/C14H15FN4O2/c15-12-3-1-2-4-13(12)19-10-11(9-16-19)17-14(20)18-5-7-21-8-6-18/h1-4,9-10H,5-8H2,(H,17,20). The average Bonchev–Trinajstić information content (AvgIpc) is 2.97. The molecule has 2 heterocycles. The highest BCUT2D eigenvalue weighted by Crippen LogP contribution is 2.15. The normalized spacial score (nSPS) is 15.0. The molecule has 2 aromatic rings. The number of rotatable bonds is 2. The number of carbonyl (C=O) groups excluding carboxylic acids is 1. The summed E-state index contributed by atoms with van der Waals surface area (Å²) in [4.78, 5) is 13.7. The quantitative estimate of drug-likeness (QED) is 0.918. The van der Waals surface area contributed by atoms with Gasteiger partial charge in [0.05, 0.1) is 31.3 Å². The first-order valence-electron chi connectivity index (χ1n) is 6.67. The Morgan fingerprint density at radius 2 is 2.05 bits per heavy atom. The van der Waals surface area contributed by atoms with Crippen molar-refractivity contribution in [1.82, 2.24) is 14.7 Å². The van der Waals surface area contributed by atoms with Crippen molar-refractivity contribution < 1.29 is 13.9 Å². The van der Waals surface area contributed by atoms with Crippen LogP contribution in [0.3, 0.4) is 0 Å². The van der Waals surface area contributed by atoms with Crippen LogP contribution in [0.4, 0.5) is 14.9 Å². The van der Waals surface area contributed by atoms with Crippen molar-refractivity contribution in [3.63, 3.8) is 0 Å². The van der Waals surface area contributed by atoms with Crippen LogP contribution in [0.2, 0.25) is 0 Å². The SMILES string of the molecule is O=C(Nc1cnn(-c2ccccc2F)c1)N1CCOCC1. The number of ether oxygens (including phenoxy) is 1. The topological polar surface area (TPSA) is 59.4 Å². The van der Waals surface area contributed by atoms with E-state index >= 15 is 0 Å². The van der Waals surface area contributed by atoms with Gasteiger partial charge in [-0.05, 0) is 12.1 Å². The molecule has 0 spiro atoms. The Balaban J connectivity index is 1.70. The van der Waals surface area contributed by atoms with Gasteiger partial charge in [-0.1, -0.05) is 12.1 Å². The summed E-state index contributed by atoms with van der Waals surface area (Å²) in [5.41, 5.74) is 0.860. The maximum atomic E-state index is 13.7. The number of hydrogen-bond acceptors (Lipinski definition) is 3. The Morgan fingerprint density at radius 1 is 1.29 bits per heavy atom. The predicted octanol–water partition coefficient (Wildman–Crippen LogP) is 1.88. The summed E-state index contributed by atoms with van der Waals surface area (Å²) in [6, 6.07) is 6.13. The number of carbonyl (C=O) groups is 1. The van der Waals surface area contributed by atoms with Gasteiger partial charge in [0.25, 0.3) is 0 Å². The number of benzene rings is 1. The lowest BCUT2D eigenvalue weighted by Crippen LogP contribution is -2.43. The minimum Gasteiger partial charge on any atom is -0.378 e. The van der Waals surface area contributed by atoms with Gasteiger partial charge in [0.1, 0.15) is 11.5 Å². The molecule has 6 nitrogen and oxygen atoms in total. The number of amides is 2. The molecule has 1 fully saturated rings. The second-order valence-corrected chi connectivity index (χ2v) is 4.65. The molecular formula is C14H15FN4O2. The number of aromatic nitrogens is 2. The Hall–Kier alpha value is -2.41. The number of nitrogens with one attached hydrogen (secondary N) is 1. The number of anilines is 1. The first-order valence-corrected chi connectivity index (χ1v) is 6.67. The van der Waals surface area contributed by atoms with Crippen molar-refractivity contribution in [3.8, 4) is 5.69 Å². The number of halogens is 1. The van der Waals surface area contributed by atoms with E-state index in [-0.39, 0.29) is 11.8 Å². The van der Waals surface area contributed by atoms with Crippen LogP contribution < -0.4 is 5.32 Å². The number of urea groups is 1. The third-order valence-electron chi connectivity index (χ3n) is 3.23. The predicted molar refractivity (Wildman–Crippen MR) is 74.9 cm³/mol. The fraction of sp³-hybridized carbons (Fsp3) is 0.286. The highest BCUT2D eigenvalue weighted by atomic mass is 19.1. The monoisotopic (exact) mass is 290 g/mol. The van der Waals surface area contributed by atoms with Crippen molar-refractivity contribution >= 4 is 11.7 Å². The molecule has 7 heteroatoms. The van der Waals surface area contributed by atoms with E-state index in [2.05, 4.69) is 10.4 Å². The fourth-order valence-electron chi connectivity index (χ4n) is 2.13. The summed E-state index contributed by atoms with van der Waals surface area (Å²) in [5.74, 6) is -0.369. The molecule has 3 rings (SSSR count). The van der Waals surface area contributed by atoms with E-state index in [1.165, 1.54) is 16.9 Å². The van der Waals surface area contributed by atoms with E-state index in [0.717, 1.165) is 0 Å². The lowest BCUT2D eigenvalue weighted by atomic mass is 10.3. The summed E-state index contributed by atoms with van der Waals surface area (Å²) < 4.78 is 20.3. The van der Waals surface area contributed by atoms with Gasteiger partial charge in [-0.3, -0.25) is 0 Å². The largest absolute Gasteiger partial charge is 0.378 e. The van der Waals surface area contributed by atoms with Crippen molar-refractivity contribution in [3.05, 3.63) is 42.5 Å². The van der Waals surface area contributed by atoms with Gasteiger partial charge in [0, 0.05) is 13.1 Å². The molecule has 110 valence electrons. The molecule has 0 atom stereocenters. The van der Waals surface area contributed by atoms with Crippen LogP contribution >= 0.6 is 0 Å². The summed E-state index contributed by atoms with van der Waals surface area (Å²) in [6.45, 7) is 2.21. The molecule has 0 unspecified atom stereocenters. The van der Waals surface area contributed by atoms with E-state index in [9.17, 15) is 9.18 Å². The van der Waals surface area contributed by atoms with Crippen LogP contribution in [0.1, 0.15) is 0 Å². The third-order valence-corrected chi connectivity index (χ3v) is 3.23. The van der Waals surface area contributed by atoms with Gasteiger partial charge in [-0.25, -0.2) is 13.9 Å². The van der Waals surface area contributed by atoms with Gasteiger partial charge in [-0.15, -0.1) is 0 Å². The van der Waals surface area contributed by atoms with Crippen LogP contribution in [-0.4, -0.2) is 47.0 Å². The first-order chi connectivity index (χ1) is 10.2. The molecule has 1 aliphatic heterocycles. The van der Waals surface area contributed by atoms with Crippen molar-refractivity contribution in [2.45, 2.75) is 0 Å². The molecule has 21 heavy (non-hydrogen) atoms. The number of hydrogen-bond donors (Lipinski definition) is 1. The van der Waals surface area contributed by atoms with Gasteiger partial charge in [0.2, 0.25) is 0 Å². The molecule has 0 saturated carbocycles. The van der Waals surface area contributed by atoms with Crippen molar-refractivity contribution in [2.24, 2.45) is 0 Å². The van der Waals surface area contributed by atoms with Crippen LogP contribution in [0.5, 0.6) is 0 Å². The number of para-hydroxylation sites is 1. The summed E-state index contributed by atoms with van der Waals surface area (Å²) >= 11 is 0. The smallest absolute Gasteiger partial charge is 0.322 e. The maximum Gasteiger partial charge on any atom is 0.322 e. The molecule has 1 aromatic heterocycles. The summed E-state index contributed by atoms with van der Waals surface area (Å²) in [5, 5.41) is 6.81. The second kappa shape index (κ2) is 5.92. The summed E-state index contributed by atoms with van der Waals surface area (Å²) in [7, 11) is 0. The van der Waals surface area contributed by atoms with Crippen LogP contribution in [0.25, 0.3) is 5.69 Å². The zero-order chi connectivity index (χ0) is 14.7. The van der Waals surface area contributed by atoms with E-state index in [1.807, 2.05) is 0 Å². The van der Waals surface area contributed by atoms with E-state index in [0.29, 0.717) is 37.7 Å². The van der Waals surface area contributed by atoms with Crippen LogP contribution in [0, 0.1) is 5.82 Å². The molecule has 1 N–H and O–H groups in total. The van der Waals surface area contributed by atoms with Gasteiger partial charge in [-0.2, -0.15) is 5.10 Å². The van der Waals surface area contributed by atoms with E-state index < -0.39 is 0 Å². The molecule has 1 saturated heterocycles. The zero-order valence-electron chi connectivity index (χ0n) is 11.3. The summed E-state index contributed by atoms with van der Waals surface area (Å²) in [6.07, 6.45) is 3.07. The molecule has 0 bridgehead atoms. The molecule has 0 aliphatic carbocycles. The molecule has 2 amide bonds. The number of morpholine rings is 1. The second-order valence-electron chi connectivity index (χ2n) is 4.65. The van der Waals surface area contributed by atoms with Crippen LogP contribution in [0.15, 0.2) is 36.7 Å². The van der Waals surface area contributed by atoms with Crippen molar-refractivity contribution in [1.29, 1.82) is 0 Å². The highest BCUT2D eigenvalue weighted by molar-refractivity contribution is 5.89. The van der Waals surface area contributed by atoms with Crippen LogP contribution in [-0.2, 0) is 4.74 Å². The Labute approximate surface area is 121 Å². The Morgan fingerprint density at radius 3 is 2.81 bits per heavy atom. The Bertz CT molecular complexity index is 637. The lowest BCUT2D eigenvalue weighted by Gasteiger charge is -2.26. The minimum absolute atomic E-state index is 0.202. The average molecular weight is 290 g/mol. The van der Waals surface area contributed by atoms with E-state index in [1.54, 1.807) is 29.3 Å². The third kappa shape index (κ3) is 3.03. The zero-order valence-corrected chi connectivity index (χ0v) is 11.3.